The fourth-order valence-corrected chi connectivity index (χ4v) is 2.97. The van der Waals surface area contributed by atoms with E-state index in [4.69, 9.17) is 9.84 Å². The van der Waals surface area contributed by atoms with Crippen LogP contribution in [0.1, 0.15) is 41.1 Å². The largest absolute Gasteiger partial charge is 0.494 e. The first-order valence-electron chi connectivity index (χ1n) is 7.23. The van der Waals surface area contributed by atoms with Crippen molar-refractivity contribution in [3.63, 3.8) is 0 Å². The number of fused-ring (bicyclic) bond motifs is 1. The van der Waals surface area contributed by atoms with Crippen molar-refractivity contribution in [2.45, 2.75) is 25.9 Å². The lowest BCUT2D eigenvalue weighted by Gasteiger charge is -2.25. The minimum absolute atomic E-state index is 0.00955. The number of benzene rings is 1. The normalized spacial score (nSPS) is 16.3. The molecule has 0 spiro atoms. The van der Waals surface area contributed by atoms with Crippen LogP contribution in [0.4, 0.5) is 10.1 Å². The van der Waals surface area contributed by atoms with E-state index in [0.717, 1.165) is 17.5 Å². The van der Waals surface area contributed by atoms with Gasteiger partial charge in [0.2, 0.25) is 5.82 Å². The molecule has 6 nitrogen and oxygen atoms in total. The molecule has 120 valence electrons. The third-order valence-corrected chi connectivity index (χ3v) is 4.04. The first-order valence-corrected chi connectivity index (χ1v) is 7.23. The average molecular weight is 317 g/mol. The number of ether oxygens (including phenoxy) is 1. The van der Waals surface area contributed by atoms with E-state index >= 15 is 0 Å². The van der Waals surface area contributed by atoms with Gasteiger partial charge in [-0.15, -0.1) is 0 Å². The lowest BCUT2D eigenvalue weighted by atomic mass is 10.0. The Morgan fingerprint density at radius 1 is 1.43 bits per heavy atom. The summed E-state index contributed by atoms with van der Waals surface area (Å²) in [6.45, 7) is 2.58. The van der Waals surface area contributed by atoms with Gasteiger partial charge in [-0.1, -0.05) is 6.92 Å². The van der Waals surface area contributed by atoms with E-state index in [-0.39, 0.29) is 23.4 Å². The number of carboxylic acid groups (broad SMARTS) is 1. The maximum atomic E-state index is 14.0. The van der Waals surface area contributed by atoms with Crippen LogP contribution in [-0.4, -0.2) is 28.2 Å². The number of hydrogen-bond donors (Lipinski definition) is 1. The number of carbonyl (C=O) groups is 1. The summed E-state index contributed by atoms with van der Waals surface area (Å²) in [6.07, 6.45) is 3.75. The van der Waals surface area contributed by atoms with Crippen molar-refractivity contribution < 1.29 is 19.0 Å². The van der Waals surface area contributed by atoms with Gasteiger partial charge in [-0.05, 0) is 29.7 Å². The van der Waals surface area contributed by atoms with Crippen LogP contribution in [0.15, 0.2) is 24.5 Å². The molecule has 1 aliphatic rings. The standard InChI is InChI=1S/C16H16FN3O3/c1-3-13-11-5-12(17)14(23-2)4-9(11)8-20(13)10-6-18-15(16(21)22)19-7-10/h4-7,13H,3,8H2,1-2H3,(H,21,22). The van der Waals surface area contributed by atoms with Crippen LogP contribution in [0.5, 0.6) is 5.75 Å². The Labute approximate surface area is 132 Å². The Balaban J connectivity index is 1.97. The van der Waals surface area contributed by atoms with E-state index in [1.54, 1.807) is 6.07 Å². The zero-order chi connectivity index (χ0) is 16.6. The molecule has 3 rings (SSSR count). The molecule has 1 aromatic heterocycles. The highest BCUT2D eigenvalue weighted by Crippen LogP contribution is 2.41. The molecular weight excluding hydrogens is 301 g/mol. The Hall–Kier alpha value is -2.70. The minimum Gasteiger partial charge on any atom is -0.494 e. The molecule has 0 saturated heterocycles. The van der Waals surface area contributed by atoms with Gasteiger partial charge >= 0.3 is 5.97 Å². The Morgan fingerprint density at radius 3 is 2.70 bits per heavy atom. The van der Waals surface area contributed by atoms with Crippen molar-refractivity contribution in [1.29, 1.82) is 0 Å². The number of anilines is 1. The van der Waals surface area contributed by atoms with Gasteiger partial charge in [0.05, 0.1) is 31.2 Å². The van der Waals surface area contributed by atoms with Crippen molar-refractivity contribution >= 4 is 11.7 Å². The first-order chi connectivity index (χ1) is 11.0. The minimum atomic E-state index is -1.17. The fraction of sp³-hybridized carbons (Fsp3) is 0.312. The van der Waals surface area contributed by atoms with Gasteiger partial charge in [0.15, 0.2) is 11.6 Å². The van der Waals surface area contributed by atoms with Gasteiger partial charge < -0.3 is 14.7 Å². The van der Waals surface area contributed by atoms with Crippen LogP contribution >= 0.6 is 0 Å². The number of rotatable bonds is 4. The molecule has 0 aliphatic carbocycles. The summed E-state index contributed by atoms with van der Waals surface area (Å²) >= 11 is 0. The molecule has 1 N–H and O–H groups in total. The van der Waals surface area contributed by atoms with E-state index in [1.165, 1.54) is 25.6 Å². The monoisotopic (exact) mass is 317 g/mol. The molecule has 0 bridgehead atoms. The van der Waals surface area contributed by atoms with Crippen molar-refractivity contribution in [2.75, 3.05) is 12.0 Å². The SMILES string of the molecule is CCC1c2cc(F)c(OC)cc2CN1c1cnc(C(=O)O)nc1. The highest BCUT2D eigenvalue weighted by molar-refractivity contribution is 5.83. The van der Waals surface area contributed by atoms with E-state index in [1.807, 2.05) is 11.8 Å². The average Bonchev–Trinajstić information content (AvgIpc) is 2.91. The smallest absolute Gasteiger partial charge is 0.373 e. The predicted octanol–water partition coefficient (Wildman–Crippen LogP) is 2.79. The molecule has 1 aromatic carbocycles. The lowest BCUT2D eigenvalue weighted by molar-refractivity contribution is 0.0683. The maximum Gasteiger partial charge on any atom is 0.373 e. The molecule has 0 radical (unpaired) electrons. The molecule has 0 saturated carbocycles. The van der Waals surface area contributed by atoms with Gasteiger partial charge in [0.25, 0.3) is 0 Å². The Morgan fingerprint density at radius 2 is 2.13 bits per heavy atom. The van der Waals surface area contributed by atoms with Crippen LogP contribution in [0.25, 0.3) is 0 Å². The van der Waals surface area contributed by atoms with E-state index < -0.39 is 5.97 Å². The van der Waals surface area contributed by atoms with Crippen molar-refractivity contribution in [3.05, 3.63) is 47.3 Å². The summed E-state index contributed by atoms with van der Waals surface area (Å²) in [5.74, 6) is -1.58. The third-order valence-electron chi connectivity index (χ3n) is 4.04. The predicted molar refractivity (Wildman–Crippen MR) is 81.2 cm³/mol. The number of aromatic carboxylic acids is 1. The molecule has 1 unspecified atom stereocenters. The molecule has 0 amide bonds. The van der Waals surface area contributed by atoms with Gasteiger partial charge in [0, 0.05) is 6.54 Å². The second-order valence-corrected chi connectivity index (χ2v) is 5.31. The van der Waals surface area contributed by atoms with Crippen LogP contribution in [-0.2, 0) is 6.54 Å². The summed E-state index contributed by atoms with van der Waals surface area (Å²) in [5, 5.41) is 8.88. The fourth-order valence-electron chi connectivity index (χ4n) is 2.97. The van der Waals surface area contributed by atoms with Crippen LogP contribution in [0.3, 0.4) is 0 Å². The van der Waals surface area contributed by atoms with E-state index in [9.17, 15) is 9.18 Å². The highest BCUT2D eigenvalue weighted by Gasteiger charge is 2.31. The number of nitrogens with zero attached hydrogens (tertiary/aromatic N) is 3. The van der Waals surface area contributed by atoms with Crippen LogP contribution < -0.4 is 9.64 Å². The summed E-state index contributed by atoms with van der Waals surface area (Å²) in [4.78, 5) is 20.6. The third kappa shape index (κ3) is 2.58. The van der Waals surface area contributed by atoms with E-state index in [2.05, 4.69) is 9.97 Å². The number of hydrogen-bond acceptors (Lipinski definition) is 5. The topological polar surface area (TPSA) is 75.5 Å². The Bertz CT molecular complexity index is 749. The second-order valence-electron chi connectivity index (χ2n) is 5.31. The summed E-state index contributed by atoms with van der Waals surface area (Å²) < 4.78 is 19.0. The quantitative estimate of drug-likeness (QED) is 0.934. The Kier molecular flexibility index (Phi) is 3.85. The molecule has 7 heteroatoms. The maximum absolute atomic E-state index is 14.0. The first kappa shape index (κ1) is 15.2. The number of methoxy groups -OCH3 is 1. The molecule has 2 heterocycles. The molecule has 0 fully saturated rings. The van der Waals surface area contributed by atoms with Crippen molar-refractivity contribution in [3.8, 4) is 5.75 Å². The van der Waals surface area contributed by atoms with Crippen molar-refractivity contribution in [2.24, 2.45) is 0 Å². The number of aromatic nitrogens is 2. The molecular formula is C16H16FN3O3. The number of carboxylic acids is 1. The summed E-state index contributed by atoms with van der Waals surface area (Å²) in [6, 6.07) is 3.21. The lowest BCUT2D eigenvalue weighted by Crippen LogP contribution is -2.21. The molecule has 23 heavy (non-hydrogen) atoms. The second kappa shape index (κ2) is 5.83. The zero-order valence-corrected chi connectivity index (χ0v) is 12.8. The van der Waals surface area contributed by atoms with Gasteiger partial charge in [-0.25, -0.2) is 19.2 Å². The highest BCUT2D eigenvalue weighted by atomic mass is 19.1. The van der Waals surface area contributed by atoms with Crippen molar-refractivity contribution in [1.82, 2.24) is 9.97 Å². The van der Waals surface area contributed by atoms with Gasteiger partial charge in [-0.2, -0.15) is 0 Å². The van der Waals surface area contributed by atoms with Gasteiger partial charge in [0.1, 0.15) is 0 Å². The zero-order valence-electron chi connectivity index (χ0n) is 12.8. The van der Waals surface area contributed by atoms with Gasteiger partial charge in [-0.3, -0.25) is 0 Å². The van der Waals surface area contributed by atoms with Crippen LogP contribution in [0.2, 0.25) is 0 Å². The molecule has 1 atom stereocenters. The summed E-state index contributed by atoms with van der Waals surface area (Å²) in [5.41, 5.74) is 2.60. The van der Waals surface area contributed by atoms with E-state index in [0.29, 0.717) is 12.2 Å². The number of halogens is 1. The molecule has 2 aromatic rings. The summed E-state index contributed by atoms with van der Waals surface area (Å²) in [7, 11) is 1.44. The van der Waals surface area contributed by atoms with Crippen LogP contribution in [0, 0.1) is 5.82 Å². The molecule has 1 aliphatic heterocycles.